The third-order valence-corrected chi connectivity index (χ3v) is 13.1. The highest BCUT2D eigenvalue weighted by Crippen LogP contribution is 2.65. The number of benzene rings is 2. The summed E-state index contributed by atoms with van der Waals surface area (Å²) < 4.78 is 25.6. The fourth-order valence-electron chi connectivity index (χ4n) is 9.58. The van der Waals surface area contributed by atoms with Crippen LogP contribution in [0.4, 0.5) is 16.2 Å². The molecule has 11 nitrogen and oxygen atoms in total. The van der Waals surface area contributed by atoms with Crippen LogP contribution >= 0.6 is 0 Å². The Morgan fingerprint density at radius 1 is 1.00 bits per heavy atom. The lowest BCUT2D eigenvalue weighted by molar-refractivity contribution is -0.115. The third kappa shape index (κ3) is 6.44. The van der Waals surface area contributed by atoms with Gasteiger partial charge in [-0.05, 0) is 117 Å². The number of aromatic nitrogens is 5. The Morgan fingerprint density at radius 2 is 1.84 bits per heavy atom. The molecule has 12 heteroatoms. The fourth-order valence-corrected chi connectivity index (χ4v) is 9.58. The molecule has 0 bridgehead atoms. The minimum atomic E-state index is -0.285. The lowest BCUT2D eigenvalue weighted by Crippen LogP contribution is -2.38. The van der Waals surface area contributed by atoms with E-state index in [2.05, 4.69) is 80.1 Å². The maximum absolute atomic E-state index is 14.9. The molecule has 3 saturated heterocycles. The minimum Gasteiger partial charge on any atom is -0.484 e. The van der Waals surface area contributed by atoms with Crippen molar-refractivity contribution in [3.63, 3.8) is 0 Å². The molecule has 292 valence electrons. The molecule has 3 aliphatic heterocycles. The summed E-state index contributed by atoms with van der Waals surface area (Å²) in [5.74, 6) is 2.41. The molecule has 56 heavy (non-hydrogen) atoms. The average molecular weight is 758 g/mol. The second-order valence-electron chi connectivity index (χ2n) is 17.8. The molecule has 5 aromatic rings. The molecule has 1 amide bonds. The Morgan fingerprint density at radius 3 is 2.64 bits per heavy atom. The Labute approximate surface area is 327 Å². The molecule has 0 radical (unpaired) electrons. The van der Waals surface area contributed by atoms with Crippen molar-refractivity contribution in [1.29, 1.82) is 0 Å². The van der Waals surface area contributed by atoms with Crippen molar-refractivity contribution in [2.24, 2.45) is 5.92 Å². The second kappa shape index (κ2) is 13.7. The van der Waals surface area contributed by atoms with Gasteiger partial charge in [-0.3, -0.25) is 14.5 Å². The van der Waals surface area contributed by atoms with E-state index in [1.54, 1.807) is 10.7 Å². The number of hydrogen-bond acceptors (Lipinski definition) is 8. The van der Waals surface area contributed by atoms with Crippen LogP contribution in [0.15, 0.2) is 66.9 Å². The molecule has 2 aromatic carbocycles. The summed E-state index contributed by atoms with van der Waals surface area (Å²) in [6.45, 7) is 11.3. The van der Waals surface area contributed by atoms with Crippen LogP contribution in [0.1, 0.15) is 94.2 Å². The standard InChI is InChI=1S/C44H52FN9O2/c1-43(2,3)36-25-38(54(50-36)29-12-14-34(45)28(24-29)17-23-51-19-9-20-51)46-41(55)40-39(47-40)33-26-44(33)18-16-35(31-10-5-6-11-32(31)44)56-30-13-15-37-48-49-42(53(37)27-30)52-21-7-4-8-22-52/h5-6,10-15,24-25,27,33,35,39-40,47H,4,7-9,16-23,26H2,1-3H3,(H,46,55)/t33-,35-,39?,40?,44+/m1/s1. The fraction of sp³-hybridized carbons (Fsp3) is 0.500. The number of halogens is 1. The monoisotopic (exact) mass is 757 g/mol. The van der Waals surface area contributed by atoms with E-state index in [-0.39, 0.29) is 40.7 Å². The van der Waals surface area contributed by atoms with Crippen molar-refractivity contribution in [2.45, 2.75) is 101 Å². The highest BCUT2D eigenvalue weighted by Gasteiger charge is 2.66. The normalized spacial score (nSPS) is 25.9. The molecular weight excluding hydrogens is 706 g/mol. The van der Waals surface area contributed by atoms with Crippen LogP contribution in [0.5, 0.6) is 5.75 Å². The first-order chi connectivity index (χ1) is 27.1. The van der Waals surface area contributed by atoms with Gasteiger partial charge in [0, 0.05) is 42.6 Å². The minimum absolute atomic E-state index is 0.0323. The van der Waals surface area contributed by atoms with Crippen LogP contribution in [0.25, 0.3) is 11.3 Å². The van der Waals surface area contributed by atoms with E-state index in [0.717, 1.165) is 80.7 Å². The molecule has 6 heterocycles. The van der Waals surface area contributed by atoms with Crippen molar-refractivity contribution >= 4 is 23.3 Å². The van der Waals surface area contributed by atoms with Gasteiger partial charge in [-0.25, -0.2) is 9.07 Å². The summed E-state index contributed by atoms with van der Waals surface area (Å²) >= 11 is 0. The summed E-state index contributed by atoms with van der Waals surface area (Å²) in [5.41, 5.74) is 5.49. The largest absolute Gasteiger partial charge is 0.484 e. The number of fused-ring (bicyclic) bond motifs is 3. The van der Waals surface area contributed by atoms with Gasteiger partial charge in [-0.15, -0.1) is 10.2 Å². The van der Waals surface area contributed by atoms with Crippen LogP contribution in [0, 0.1) is 11.7 Å². The van der Waals surface area contributed by atoms with Gasteiger partial charge in [-0.1, -0.05) is 45.0 Å². The van der Waals surface area contributed by atoms with E-state index in [4.69, 9.17) is 9.84 Å². The molecular formula is C44H52FN9O2. The van der Waals surface area contributed by atoms with Crippen LogP contribution in [-0.4, -0.2) is 80.0 Å². The topological polar surface area (TPSA) is 115 Å². The van der Waals surface area contributed by atoms with Crippen LogP contribution in [0.3, 0.4) is 0 Å². The quantitative estimate of drug-likeness (QED) is 0.151. The maximum atomic E-state index is 14.9. The number of anilines is 2. The number of ether oxygens (including phenoxy) is 1. The summed E-state index contributed by atoms with van der Waals surface area (Å²) in [6.07, 6.45) is 10.4. The van der Waals surface area contributed by atoms with E-state index >= 15 is 0 Å². The van der Waals surface area contributed by atoms with Crippen molar-refractivity contribution in [2.75, 3.05) is 42.9 Å². The number of rotatable bonds is 10. The highest BCUT2D eigenvalue weighted by molar-refractivity contribution is 5.97. The van der Waals surface area contributed by atoms with E-state index in [0.29, 0.717) is 23.7 Å². The number of nitrogens with zero attached hydrogens (tertiary/aromatic N) is 7. The van der Waals surface area contributed by atoms with Gasteiger partial charge in [0.25, 0.3) is 0 Å². The Balaban J connectivity index is 0.839. The molecule has 5 atom stereocenters. The average Bonchev–Trinajstić information content (AvgIpc) is 4.02. The highest BCUT2D eigenvalue weighted by atomic mass is 19.1. The molecule has 4 fully saturated rings. The molecule has 2 aliphatic carbocycles. The van der Waals surface area contributed by atoms with Crippen LogP contribution in [-0.2, 0) is 22.0 Å². The first kappa shape index (κ1) is 35.6. The summed E-state index contributed by atoms with van der Waals surface area (Å²) in [5, 5.41) is 20.7. The predicted molar refractivity (Wildman–Crippen MR) is 214 cm³/mol. The van der Waals surface area contributed by atoms with E-state index in [1.165, 1.54) is 42.9 Å². The molecule has 10 rings (SSSR count). The van der Waals surface area contributed by atoms with Gasteiger partial charge < -0.3 is 19.9 Å². The van der Waals surface area contributed by atoms with Gasteiger partial charge in [0.05, 0.1) is 17.6 Å². The number of pyridine rings is 1. The number of carbonyl (C=O) groups excluding carboxylic acids is 1. The Bertz CT molecular complexity index is 2290. The first-order valence-electron chi connectivity index (χ1n) is 20.7. The van der Waals surface area contributed by atoms with E-state index < -0.39 is 0 Å². The first-order valence-corrected chi connectivity index (χ1v) is 20.7. The van der Waals surface area contributed by atoms with Gasteiger partial charge in [-0.2, -0.15) is 5.10 Å². The van der Waals surface area contributed by atoms with Crippen molar-refractivity contribution in [1.82, 2.24) is 34.6 Å². The van der Waals surface area contributed by atoms with E-state index in [9.17, 15) is 9.18 Å². The van der Waals surface area contributed by atoms with Gasteiger partial charge in [0.1, 0.15) is 29.5 Å². The van der Waals surface area contributed by atoms with Gasteiger partial charge in [0.15, 0.2) is 5.65 Å². The third-order valence-electron chi connectivity index (χ3n) is 13.1. The maximum Gasteiger partial charge on any atom is 0.244 e. The number of amides is 1. The van der Waals surface area contributed by atoms with Gasteiger partial charge >= 0.3 is 0 Å². The van der Waals surface area contributed by atoms with Crippen LogP contribution < -0.4 is 20.3 Å². The number of hydrogen-bond donors (Lipinski definition) is 2. The lowest BCUT2D eigenvalue weighted by atomic mass is 9.76. The van der Waals surface area contributed by atoms with Crippen LogP contribution in [0.2, 0.25) is 0 Å². The number of carbonyl (C=O) groups is 1. The molecule has 3 aromatic heterocycles. The molecule has 2 unspecified atom stereocenters. The molecule has 2 N–H and O–H groups in total. The second-order valence-corrected chi connectivity index (χ2v) is 17.8. The summed E-state index contributed by atoms with van der Waals surface area (Å²) in [7, 11) is 0. The molecule has 5 aliphatic rings. The summed E-state index contributed by atoms with van der Waals surface area (Å²) in [6, 6.07) is 19.7. The number of piperidine rings is 1. The Hall–Kier alpha value is -4.81. The van der Waals surface area contributed by atoms with E-state index in [1.807, 2.05) is 30.5 Å². The molecule has 1 saturated carbocycles. The summed E-state index contributed by atoms with van der Waals surface area (Å²) in [4.78, 5) is 18.6. The SMILES string of the molecule is CC(C)(C)c1cc(NC(=O)C2NC2[C@H]2C[C@]23CC[C@@H](Oc2ccc4nnc(N5CCCCC5)n4c2)c2ccccc23)n(-c2ccc(F)c(CCN3CCC3)c2)n1. The zero-order valence-electron chi connectivity index (χ0n) is 32.7. The Kier molecular flexibility index (Phi) is 8.70. The zero-order chi connectivity index (χ0) is 38.2. The number of likely N-dealkylation sites (tertiary alicyclic amines) is 1. The van der Waals surface area contributed by atoms with Gasteiger partial charge in [0.2, 0.25) is 11.9 Å². The van der Waals surface area contributed by atoms with Crippen molar-refractivity contribution in [3.05, 3.63) is 95.1 Å². The predicted octanol–water partition coefficient (Wildman–Crippen LogP) is 6.74. The zero-order valence-corrected chi connectivity index (χ0v) is 32.7. The van der Waals surface area contributed by atoms with Crippen molar-refractivity contribution < 1.29 is 13.9 Å². The van der Waals surface area contributed by atoms with Crippen molar-refractivity contribution in [3.8, 4) is 11.4 Å². The molecule has 1 spiro atoms. The smallest absolute Gasteiger partial charge is 0.244 e. The lowest BCUT2D eigenvalue weighted by Gasteiger charge is -2.33. The number of nitrogens with one attached hydrogen (secondary N) is 2.